The van der Waals surface area contributed by atoms with Gasteiger partial charge < -0.3 is 9.05 Å². The van der Waals surface area contributed by atoms with E-state index in [-0.39, 0.29) is 24.7 Å². The van der Waals surface area contributed by atoms with Gasteiger partial charge in [0.25, 0.3) is 0 Å². The molecule has 0 saturated heterocycles. The fraction of sp³-hybridized carbons (Fsp3) is 0.333. The highest BCUT2D eigenvalue weighted by molar-refractivity contribution is 7.54. The molecule has 150 valence electrons. The van der Waals surface area contributed by atoms with Crippen molar-refractivity contribution in [2.75, 3.05) is 13.2 Å². The summed E-state index contributed by atoms with van der Waals surface area (Å²) in [4.78, 5) is 0.894. The first-order valence-electron chi connectivity index (χ1n) is 9.21. The molecule has 2 aromatic carbocycles. The molecule has 7 heteroatoms. The number of thiophene rings is 1. The SMILES string of the molecule is CCOP(=O)(OCC)C(Cc1cccc(Cl)c1F)c1sc2ccccc2c1C. The summed E-state index contributed by atoms with van der Waals surface area (Å²) in [6, 6.07) is 12.9. The average Bonchev–Trinajstić information content (AvgIpc) is 3.00. The summed E-state index contributed by atoms with van der Waals surface area (Å²) >= 11 is 7.52. The van der Waals surface area contributed by atoms with E-state index in [0.717, 1.165) is 20.5 Å². The van der Waals surface area contributed by atoms with Gasteiger partial charge in [-0.1, -0.05) is 41.9 Å². The third-order valence-corrected chi connectivity index (χ3v) is 8.92. The van der Waals surface area contributed by atoms with Crippen LogP contribution in [-0.4, -0.2) is 13.2 Å². The largest absolute Gasteiger partial charge is 0.339 e. The van der Waals surface area contributed by atoms with Crippen LogP contribution in [0, 0.1) is 12.7 Å². The van der Waals surface area contributed by atoms with Crippen molar-refractivity contribution in [3.63, 3.8) is 0 Å². The van der Waals surface area contributed by atoms with Crippen LogP contribution in [0.3, 0.4) is 0 Å². The molecule has 0 fully saturated rings. The van der Waals surface area contributed by atoms with E-state index in [9.17, 15) is 8.96 Å². The van der Waals surface area contributed by atoms with E-state index in [1.807, 2.05) is 31.2 Å². The normalized spacial score (nSPS) is 13.2. The number of aryl methyl sites for hydroxylation is 1. The predicted molar refractivity (Wildman–Crippen MR) is 115 cm³/mol. The summed E-state index contributed by atoms with van der Waals surface area (Å²) < 4.78 is 40.8. The summed E-state index contributed by atoms with van der Waals surface area (Å²) in [5.74, 6) is -0.493. The Kier molecular flexibility index (Phi) is 6.95. The van der Waals surface area contributed by atoms with Gasteiger partial charge in [-0.3, -0.25) is 4.57 Å². The van der Waals surface area contributed by atoms with Crippen molar-refractivity contribution < 1.29 is 18.0 Å². The van der Waals surface area contributed by atoms with Crippen LogP contribution >= 0.6 is 30.5 Å². The topological polar surface area (TPSA) is 35.5 Å². The lowest BCUT2D eigenvalue weighted by atomic mass is 10.0. The van der Waals surface area contributed by atoms with E-state index in [2.05, 4.69) is 0 Å². The average molecular weight is 441 g/mol. The van der Waals surface area contributed by atoms with Crippen molar-refractivity contribution in [3.05, 3.63) is 69.3 Å². The molecule has 3 nitrogen and oxygen atoms in total. The maximum atomic E-state index is 14.6. The van der Waals surface area contributed by atoms with Crippen molar-refractivity contribution in [2.45, 2.75) is 32.9 Å². The first kappa shape index (κ1) is 21.5. The number of rotatable bonds is 8. The molecule has 1 unspecified atom stereocenters. The van der Waals surface area contributed by atoms with Gasteiger partial charge in [-0.05, 0) is 55.8 Å². The highest BCUT2D eigenvalue weighted by Crippen LogP contribution is 2.64. The summed E-state index contributed by atoms with van der Waals surface area (Å²) in [7, 11) is -3.53. The molecule has 0 bridgehead atoms. The Balaban J connectivity index is 2.16. The second kappa shape index (κ2) is 9.06. The standard InChI is InChI=1S/C21H23ClFO3PS/c1-4-25-27(24,26-5-2)18(13-15-9-8-11-17(22)20(15)23)21-14(3)16-10-6-7-12-19(16)28-21/h6-12,18H,4-5,13H2,1-3H3. The van der Waals surface area contributed by atoms with Crippen molar-refractivity contribution >= 4 is 40.6 Å². The zero-order chi connectivity index (χ0) is 20.3. The summed E-state index contributed by atoms with van der Waals surface area (Å²) in [5.41, 5.74) is 0.805. The molecule has 0 aliphatic heterocycles. The monoisotopic (exact) mass is 440 g/mol. The first-order chi connectivity index (χ1) is 13.4. The van der Waals surface area contributed by atoms with Gasteiger partial charge in [0.15, 0.2) is 0 Å². The number of hydrogen-bond acceptors (Lipinski definition) is 4. The van der Waals surface area contributed by atoms with Crippen molar-refractivity contribution in [3.8, 4) is 0 Å². The van der Waals surface area contributed by atoms with Crippen molar-refractivity contribution in [1.29, 1.82) is 0 Å². The fourth-order valence-electron chi connectivity index (χ4n) is 3.35. The Morgan fingerprint density at radius 2 is 1.79 bits per heavy atom. The van der Waals surface area contributed by atoms with E-state index in [1.165, 1.54) is 6.07 Å². The molecule has 0 spiro atoms. The predicted octanol–water partition coefficient (Wildman–Crippen LogP) is 7.55. The summed E-state index contributed by atoms with van der Waals surface area (Å²) in [6.45, 7) is 6.05. The van der Waals surface area contributed by atoms with Gasteiger partial charge in [0.2, 0.25) is 0 Å². The lowest BCUT2D eigenvalue weighted by molar-refractivity contribution is 0.212. The van der Waals surface area contributed by atoms with Crippen LogP contribution in [-0.2, 0) is 20.0 Å². The highest BCUT2D eigenvalue weighted by atomic mass is 35.5. The van der Waals surface area contributed by atoms with Crippen LogP contribution in [0.1, 0.15) is 35.5 Å². The Labute approximate surface area is 174 Å². The van der Waals surface area contributed by atoms with E-state index in [4.69, 9.17) is 20.6 Å². The van der Waals surface area contributed by atoms with Gasteiger partial charge in [-0.25, -0.2) is 4.39 Å². The van der Waals surface area contributed by atoms with Gasteiger partial charge in [0, 0.05) is 9.58 Å². The minimum absolute atomic E-state index is 0.0481. The zero-order valence-electron chi connectivity index (χ0n) is 16.1. The molecule has 0 amide bonds. The maximum absolute atomic E-state index is 14.6. The van der Waals surface area contributed by atoms with E-state index >= 15 is 0 Å². The third kappa shape index (κ3) is 4.19. The highest BCUT2D eigenvalue weighted by Gasteiger charge is 2.39. The molecular weight excluding hydrogens is 418 g/mol. The molecule has 0 aliphatic rings. The molecule has 0 saturated carbocycles. The van der Waals surface area contributed by atoms with Gasteiger partial charge in [0.1, 0.15) is 11.5 Å². The quantitative estimate of drug-likeness (QED) is 0.339. The van der Waals surface area contributed by atoms with E-state index in [1.54, 1.807) is 37.3 Å². The lowest BCUT2D eigenvalue weighted by Gasteiger charge is -2.26. The molecule has 0 radical (unpaired) electrons. The number of fused-ring (bicyclic) bond motifs is 1. The molecule has 1 heterocycles. The molecule has 28 heavy (non-hydrogen) atoms. The second-order valence-corrected chi connectivity index (χ2v) is 10.1. The molecule has 0 N–H and O–H groups in total. The van der Waals surface area contributed by atoms with Gasteiger partial charge in [-0.15, -0.1) is 11.3 Å². The molecule has 1 atom stereocenters. The smallest absolute Gasteiger partial charge is 0.308 e. The number of hydrogen-bond donors (Lipinski definition) is 0. The Bertz CT molecular complexity index is 1010. The van der Waals surface area contributed by atoms with Gasteiger partial charge in [0.05, 0.1) is 18.2 Å². The molecule has 1 aromatic heterocycles. The van der Waals surface area contributed by atoms with Crippen LogP contribution in [0.4, 0.5) is 4.39 Å². The van der Waals surface area contributed by atoms with Crippen LogP contribution in [0.5, 0.6) is 0 Å². The molecular formula is C21H23ClFO3PS. The Morgan fingerprint density at radius 3 is 2.43 bits per heavy atom. The summed E-state index contributed by atoms with van der Waals surface area (Å²) in [6.07, 6.45) is 0.178. The third-order valence-electron chi connectivity index (χ3n) is 4.63. The number of halogens is 2. The Morgan fingerprint density at radius 1 is 1.11 bits per heavy atom. The maximum Gasteiger partial charge on any atom is 0.339 e. The van der Waals surface area contributed by atoms with E-state index in [0.29, 0.717) is 5.56 Å². The minimum Gasteiger partial charge on any atom is -0.308 e. The van der Waals surface area contributed by atoms with Crippen LogP contribution < -0.4 is 0 Å². The Hall–Kier alpha value is -1.23. The minimum atomic E-state index is -3.53. The fourth-order valence-corrected chi connectivity index (χ4v) is 7.34. The van der Waals surface area contributed by atoms with Crippen molar-refractivity contribution in [1.82, 2.24) is 0 Å². The van der Waals surface area contributed by atoms with Crippen molar-refractivity contribution in [2.24, 2.45) is 0 Å². The van der Waals surface area contributed by atoms with Gasteiger partial charge in [-0.2, -0.15) is 0 Å². The van der Waals surface area contributed by atoms with Crippen LogP contribution in [0.25, 0.3) is 10.1 Å². The molecule has 0 aliphatic carbocycles. The zero-order valence-corrected chi connectivity index (χ0v) is 18.5. The van der Waals surface area contributed by atoms with Crippen LogP contribution in [0.15, 0.2) is 42.5 Å². The second-order valence-electron chi connectivity index (χ2n) is 6.40. The molecule has 3 rings (SSSR count). The summed E-state index contributed by atoms with van der Waals surface area (Å²) in [5, 5.41) is 1.14. The molecule has 3 aromatic rings. The number of benzene rings is 2. The van der Waals surface area contributed by atoms with E-state index < -0.39 is 19.1 Å². The lowest BCUT2D eigenvalue weighted by Crippen LogP contribution is -2.10. The first-order valence-corrected chi connectivity index (χ1v) is 12.0. The van der Waals surface area contributed by atoms with Gasteiger partial charge >= 0.3 is 7.60 Å². The van der Waals surface area contributed by atoms with Crippen LogP contribution in [0.2, 0.25) is 5.02 Å².